The van der Waals surface area contributed by atoms with Gasteiger partial charge in [-0.3, -0.25) is 10.1 Å². The monoisotopic (exact) mass is 307 g/mol. The summed E-state index contributed by atoms with van der Waals surface area (Å²) in [6.07, 6.45) is 0. The summed E-state index contributed by atoms with van der Waals surface area (Å²) in [4.78, 5) is 21.4. The number of carboxylic acids is 1. The average Bonchev–Trinajstić information content (AvgIpc) is 2.42. The van der Waals surface area contributed by atoms with Gasteiger partial charge in [-0.25, -0.2) is 4.79 Å². The van der Waals surface area contributed by atoms with Crippen LogP contribution in [0.1, 0.15) is 15.9 Å². The van der Waals surface area contributed by atoms with Crippen molar-refractivity contribution in [1.29, 1.82) is 0 Å². The highest BCUT2D eigenvalue weighted by atomic mass is 35.5. The molecule has 0 aliphatic carbocycles. The second kappa shape index (κ2) is 5.80. The molecule has 0 saturated heterocycles. The number of nitro benzene ring substituents is 1. The van der Waals surface area contributed by atoms with Gasteiger partial charge in [0.1, 0.15) is 5.75 Å². The van der Waals surface area contributed by atoms with Gasteiger partial charge in [-0.2, -0.15) is 0 Å². The van der Waals surface area contributed by atoms with Gasteiger partial charge in [0.15, 0.2) is 0 Å². The second-order valence-electron chi connectivity index (χ2n) is 4.21. The molecule has 0 spiro atoms. The summed E-state index contributed by atoms with van der Waals surface area (Å²) in [5, 5.41) is 20.3. The quantitative estimate of drug-likeness (QED) is 0.680. The molecular formula is C14H10ClNO5. The lowest BCUT2D eigenvalue weighted by Gasteiger charge is -2.10. The van der Waals surface area contributed by atoms with E-state index >= 15 is 0 Å². The number of aromatic carboxylic acids is 1. The maximum atomic E-state index is 11.1. The number of benzene rings is 2. The fourth-order valence-corrected chi connectivity index (χ4v) is 1.96. The number of halogens is 1. The van der Waals surface area contributed by atoms with Gasteiger partial charge < -0.3 is 9.84 Å². The minimum absolute atomic E-state index is 0.00459. The van der Waals surface area contributed by atoms with Crippen LogP contribution in [-0.2, 0) is 0 Å². The summed E-state index contributed by atoms with van der Waals surface area (Å²) in [5.41, 5.74) is 0.168. The van der Waals surface area contributed by atoms with Gasteiger partial charge >= 0.3 is 11.7 Å². The molecule has 1 N–H and O–H groups in total. The summed E-state index contributed by atoms with van der Waals surface area (Å²) in [7, 11) is 0. The SMILES string of the molecule is Cc1c(Oc2ccc(Cl)cc2[N+](=O)[O-])cccc1C(=O)O. The van der Waals surface area contributed by atoms with Crippen molar-refractivity contribution in [3.63, 3.8) is 0 Å². The van der Waals surface area contributed by atoms with Crippen LogP contribution in [0.5, 0.6) is 11.5 Å². The number of carboxylic acid groups (broad SMARTS) is 1. The molecule has 0 amide bonds. The van der Waals surface area contributed by atoms with Crippen LogP contribution in [0.25, 0.3) is 0 Å². The molecule has 2 rings (SSSR count). The van der Waals surface area contributed by atoms with Crippen molar-refractivity contribution in [2.45, 2.75) is 6.92 Å². The Hall–Kier alpha value is -2.60. The van der Waals surface area contributed by atoms with Gasteiger partial charge in [0, 0.05) is 16.7 Å². The van der Waals surface area contributed by atoms with E-state index < -0.39 is 10.9 Å². The zero-order chi connectivity index (χ0) is 15.6. The first-order valence-corrected chi connectivity index (χ1v) is 6.22. The van der Waals surface area contributed by atoms with Crippen LogP contribution in [0.2, 0.25) is 5.02 Å². The standard InChI is InChI=1S/C14H10ClNO5/c1-8-10(14(17)18)3-2-4-12(8)21-13-6-5-9(15)7-11(13)16(19)20/h2-7H,1H3,(H,17,18). The number of nitro groups is 1. The third-order valence-electron chi connectivity index (χ3n) is 2.85. The van der Waals surface area contributed by atoms with E-state index in [1.54, 1.807) is 13.0 Å². The topological polar surface area (TPSA) is 89.7 Å². The van der Waals surface area contributed by atoms with Crippen LogP contribution in [0.15, 0.2) is 36.4 Å². The van der Waals surface area contributed by atoms with Crippen molar-refractivity contribution in [3.8, 4) is 11.5 Å². The van der Waals surface area contributed by atoms with E-state index in [1.165, 1.54) is 30.3 Å². The number of ether oxygens (including phenoxy) is 1. The third-order valence-corrected chi connectivity index (χ3v) is 3.09. The van der Waals surface area contributed by atoms with Gasteiger partial charge in [-0.05, 0) is 31.2 Å². The predicted octanol–water partition coefficient (Wildman–Crippen LogP) is 4.05. The normalized spacial score (nSPS) is 10.2. The lowest BCUT2D eigenvalue weighted by molar-refractivity contribution is -0.385. The summed E-state index contributed by atoms with van der Waals surface area (Å²) in [6, 6.07) is 8.48. The van der Waals surface area contributed by atoms with Crippen LogP contribution >= 0.6 is 11.6 Å². The first-order chi connectivity index (χ1) is 9.90. The molecule has 6 nitrogen and oxygen atoms in total. The molecule has 0 atom stereocenters. The number of hydrogen-bond acceptors (Lipinski definition) is 4. The van der Waals surface area contributed by atoms with E-state index in [2.05, 4.69) is 0 Å². The Morgan fingerprint density at radius 3 is 2.62 bits per heavy atom. The van der Waals surface area contributed by atoms with E-state index in [1.807, 2.05) is 0 Å². The van der Waals surface area contributed by atoms with Crippen molar-refractivity contribution >= 4 is 23.3 Å². The Balaban J connectivity index is 2.46. The maximum Gasteiger partial charge on any atom is 0.336 e. The number of rotatable bonds is 4. The van der Waals surface area contributed by atoms with Gasteiger partial charge in [0.05, 0.1) is 10.5 Å². The zero-order valence-electron chi connectivity index (χ0n) is 10.9. The smallest absolute Gasteiger partial charge is 0.336 e. The van der Waals surface area contributed by atoms with Crippen LogP contribution in [0.4, 0.5) is 5.69 Å². The molecule has 21 heavy (non-hydrogen) atoms. The Kier molecular flexibility index (Phi) is 4.09. The fourth-order valence-electron chi connectivity index (χ4n) is 1.79. The lowest BCUT2D eigenvalue weighted by atomic mass is 10.1. The molecule has 0 heterocycles. The Morgan fingerprint density at radius 1 is 1.29 bits per heavy atom. The van der Waals surface area contributed by atoms with Crippen molar-refractivity contribution in [2.75, 3.05) is 0 Å². The summed E-state index contributed by atoms with van der Waals surface area (Å²) in [6.45, 7) is 1.57. The molecule has 0 saturated carbocycles. The average molecular weight is 308 g/mol. The molecule has 0 aromatic heterocycles. The van der Waals surface area contributed by atoms with Crippen LogP contribution < -0.4 is 4.74 Å². The molecule has 0 aliphatic heterocycles. The van der Waals surface area contributed by atoms with Gasteiger partial charge in [0.2, 0.25) is 5.75 Å². The van der Waals surface area contributed by atoms with Crippen molar-refractivity contribution in [3.05, 3.63) is 62.7 Å². The first kappa shape index (κ1) is 14.8. The molecule has 2 aromatic carbocycles. The van der Waals surface area contributed by atoms with Gasteiger partial charge in [0.25, 0.3) is 0 Å². The number of hydrogen-bond donors (Lipinski definition) is 1. The molecule has 0 radical (unpaired) electrons. The van der Waals surface area contributed by atoms with E-state index in [0.29, 0.717) is 5.56 Å². The number of carbonyl (C=O) groups is 1. The third kappa shape index (κ3) is 3.11. The molecule has 108 valence electrons. The van der Waals surface area contributed by atoms with E-state index in [4.69, 9.17) is 21.4 Å². The van der Waals surface area contributed by atoms with Crippen molar-refractivity contribution < 1.29 is 19.6 Å². The van der Waals surface area contributed by atoms with Gasteiger partial charge in [-0.1, -0.05) is 17.7 Å². The minimum atomic E-state index is -1.09. The highest BCUT2D eigenvalue weighted by Crippen LogP contribution is 2.35. The van der Waals surface area contributed by atoms with Crippen molar-refractivity contribution in [2.24, 2.45) is 0 Å². The van der Waals surface area contributed by atoms with E-state index in [-0.39, 0.29) is 27.8 Å². The number of nitrogens with zero attached hydrogens (tertiary/aromatic N) is 1. The highest BCUT2D eigenvalue weighted by Gasteiger charge is 2.18. The molecule has 0 fully saturated rings. The molecular weight excluding hydrogens is 298 g/mol. The second-order valence-corrected chi connectivity index (χ2v) is 4.64. The Labute approximate surface area is 124 Å². The van der Waals surface area contributed by atoms with Gasteiger partial charge in [-0.15, -0.1) is 0 Å². The predicted molar refractivity (Wildman–Crippen MR) is 76.3 cm³/mol. The minimum Gasteiger partial charge on any atom is -0.478 e. The Bertz CT molecular complexity index is 729. The Morgan fingerprint density at radius 2 is 2.00 bits per heavy atom. The van der Waals surface area contributed by atoms with E-state index in [9.17, 15) is 14.9 Å². The van der Waals surface area contributed by atoms with Crippen molar-refractivity contribution in [1.82, 2.24) is 0 Å². The maximum absolute atomic E-state index is 11.1. The molecule has 2 aromatic rings. The molecule has 7 heteroatoms. The largest absolute Gasteiger partial charge is 0.478 e. The van der Waals surface area contributed by atoms with E-state index in [0.717, 1.165) is 0 Å². The molecule has 0 unspecified atom stereocenters. The highest BCUT2D eigenvalue weighted by molar-refractivity contribution is 6.30. The van der Waals surface area contributed by atoms with Crippen LogP contribution in [0.3, 0.4) is 0 Å². The lowest BCUT2D eigenvalue weighted by Crippen LogP contribution is -2.01. The van der Waals surface area contributed by atoms with Crippen LogP contribution in [-0.4, -0.2) is 16.0 Å². The summed E-state index contributed by atoms with van der Waals surface area (Å²) in [5.74, 6) is -0.862. The zero-order valence-corrected chi connectivity index (χ0v) is 11.6. The summed E-state index contributed by atoms with van der Waals surface area (Å²) >= 11 is 5.72. The van der Waals surface area contributed by atoms with Crippen LogP contribution in [0, 0.1) is 17.0 Å². The molecule has 0 bridgehead atoms. The summed E-state index contributed by atoms with van der Waals surface area (Å²) < 4.78 is 5.48. The first-order valence-electron chi connectivity index (χ1n) is 5.85. The molecule has 0 aliphatic rings. The fraction of sp³-hybridized carbons (Fsp3) is 0.0714.